The van der Waals surface area contributed by atoms with E-state index in [0.717, 1.165) is 41.5 Å². The highest BCUT2D eigenvalue weighted by Gasteiger charge is 2.36. The molecule has 0 fully saturated rings. The molecule has 0 spiro atoms. The van der Waals surface area contributed by atoms with E-state index < -0.39 is 29.7 Å². The van der Waals surface area contributed by atoms with Crippen molar-refractivity contribution in [2.75, 3.05) is 13.1 Å². The van der Waals surface area contributed by atoms with E-state index in [1.54, 1.807) is 32.9 Å². The van der Waals surface area contributed by atoms with Crippen molar-refractivity contribution in [1.82, 2.24) is 15.5 Å². The number of aryl methyl sites for hydroxylation is 1. The van der Waals surface area contributed by atoms with E-state index in [2.05, 4.69) is 17.6 Å². The Morgan fingerprint density at radius 3 is 2.26 bits per heavy atom. The van der Waals surface area contributed by atoms with Gasteiger partial charge >= 0.3 is 6.09 Å². The van der Waals surface area contributed by atoms with Crippen LogP contribution in [0.25, 0.3) is 0 Å². The van der Waals surface area contributed by atoms with Gasteiger partial charge < -0.3 is 25.4 Å². The molecule has 3 amide bonds. The Hall–Kier alpha value is -3.55. The fourth-order valence-corrected chi connectivity index (χ4v) is 4.39. The number of benzene rings is 2. The molecule has 0 saturated carbocycles. The number of unbranched alkanes of at least 4 members (excludes halogenated alkanes) is 2. The lowest BCUT2D eigenvalue weighted by atomic mass is 9.94. The first-order valence-corrected chi connectivity index (χ1v) is 13.8. The molecule has 0 aromatic heterocycles. The lowest BCUT2D eigenvalue weighted by Gasteiger charge is -2.34. The lowest BCUT2D eigenvalue weighted by Crippen LogP contribution is -2.54. The monoisotopic (exact) mass is 539 g/mol. The van der Waals surface area contributed by atoms with Crippen LogP contribution < -0.4 is 10.6 Å². The highest BCUT2D eigenvalue weighted by molar-refractivity contribution is 5.92. The van der Waals surface area contributed by atoms with E-state index >= 15 is 0 Å². The number of phenolic OH excluding ortho intramolecular Hbond substituents is 1. The number of carbonyl (C=O) groups is 3. The van der Waals surface area contributed by atoms with Crippen molar-refractivity contribution < 1.29 is 24.2 Å². The van der Waals surface area contributed by atoms with E-state index in [0.29, 0.717) is 6.54 Å². The molecule has 0 aliphatic heterocycles. The highest BCUT2D eigenvalue weighted by atomic mass is 16.6. The first kappa shape index (κ1) is 31.7. The number of carbonyl (C=O) groups excluding carboxylic acids is 3. The number of amides is 3. The lowest BCUT2D eigenvalue weighted by molar-refractivity contribution is -0.142. The van der Waals surface area contributed by atoms with Crippen LogP contribution in [0, 0.1) is 13.8 Å². The summed E-state index contributed by atoms with van der Waals surface area (Å²) in [5, 5.41) is 15.5. The third kappa shape index (κ3) is 9.61. The van der Waals surface area contributed by atoms with Crippen LogP contribution in [0.5, 0.6) is 5.75 Å². The maximum Gasteiger partial charge on any atom is 0.408 e. The van der Waals surface area contributed by atoms with Gasteiger partial charge in [0, 0.05) is 19.5 Å². The summed E-state index contributed by atoms with van der Waals surface area (Å²) in [7, 11) is 0. The standard InChI is InChI=1S/C31H45N3O5/c1-8-10-11-19-32-28(36)27(25-14-12-13-21(3)22(25)4)34(9-2)29(37)26(33-30(38)39-31(5,6)7)20-23-15-17-24(35)18-16-23/h12-18,26-27,35H,8-11,19-20H2,1-7H3,(H,32,36)(H,33,38). The number of aromatic hydroxyl groups is 1. The number of likely N-dealkylation sites (N-methyl/N-ethyl adjacent to an activating group) is 1. The molecular weight excluding hydrogens is 494 g/mol. The zero-order valence-electron chi connectivity index (χ0n) is 24.5. The largest absolute Gasteiger partial charge is 0.508 e. The van der Waals surface area contributed by atoms with Crippen LogP contribution in [0.1, 0.15) is 82.2 Å². The molecule has 8 heteroatoms. The third-order valence-corrected chi connectivity index (χ3v) is 6.57. The van der Waals surface area contributed by atoms with Crippen LogP contribution in [0.15, 0.2) is 42.5 Å². The fraction of sp³-hybridized carbons (Fsp3) is 0.516. The number of nitrogens with one attached hydrogen (secondary N) is 2. The van der Waals surface area contributed by atoms with Crippen LogP contribution in [-0.4, -0.2) is 52.6 Å². The van der Waals surface area contributed by atoms with Gasteiger partial charge in [0.05, 0.1) is 0 Å². The molecule has 2 rings (SSSR count). The van der Waals surface area contributed by atoms with E-state index in [1.807, 2.05) is 39.0 Å². The Balaban J connectivity index is 2.48. The molecule has 3 N–H and O–H groups in total. The summed E-state index contributed by atoms with van der Waals surface area (Å²) in [5.74, 6) is -0.548. The van der Waals surface area contributed by atoms with E-state index in [4.69, 9.17) is 4.74 Å². The van der Waals surface area contributed by atoms with Crippen molar-refractivity contribution in [3.8, 4) is 5.75 Å². The number of hydrogen-bond donors (Lipinski definition) is 3. The molecule has 0 saturated heterocycles. The Morgan fingerprint density at radius 1 is 1.00 bits per heavy atom. The second-order valence-corrected chi connectivity index (χ2v) is 10.9. The van der Waals surface area contributed by atoms with E-state index in [-0.39, 0.29) is 24.6 Å². The van der Waals surface area contributed by atoms with Crippen molar-refractivity contribution in [3.05, 3.63) is 64.7 Å². The van der Waals surface area contributed by atoms with Gasteiger partial charge in [0.25, 0.3) is 0 Å². The maximum atomic E-state index is 14.2. The van der Waals surface area contributed by atoms with E-state index in [9.17, 15) is 19.5 Å². The zero-order chi connectivity index (χ0) is 29.2. The van der Waals surface area contributed by atoms with Gasteiger partial charge in [0.15, 0.2) is 0 Å². The molecule has 8 nitrogen and oxygen atoms in total. The molecule has 0 aliphatic carbocycles. The van der Waals surface area contributed by atoms with Gasteiger partial charge in [-0.15, -0.1) is 0 Å². The van der Waals surface area contributed by atoms with Crippen LogP contribution in [0.3, 0.4) is 0 Å². The Labute approximate surface area is 233 Å². The highest BCUT2D eigenvalue weighted by Crippen LogP contribution is 2.27. The Kier molecular flexibility index (Phi) is 11.8. The number of rotatable bonds is 12. The zero-order valence-corrected chi connectivity index (χ0v) is 24.5. The number of alkyl carbamates (subject to hydrolysis) is 1. The van der Waals surface area contributed by atoms with Gasteiger partial charge in [-0.1, -0.05) is 50.1 Å². The number of nitrogens with zero attached hydrogens (tertiary/aromatic N) is 1. The molecule has 2 aromatic rings. The molecule has 0 aliphatic rings. The summed E-state index contributed by atoms with van der Waals surface area (Å²) in [6.07, 6.45) is 2.32. The number of ether oxygens (including phenoxy) is 1. The minimum atomic E-state index is -0.996. The molecule has 0 heterocycles. The first-order valence-electron chi connectivity index (χ1n) is 13.8. The maximum absolute atomic E-state index is 14.2. The number of phenols is 1. The Morgan fingerprint density at radius 2 is 1.67 bits per heavy atom. The second kappa shape index (κ2) is 14.6. The molecular formula is C31H45N3O5. The van der Waals surface area contributed by atoms with Crippen molar-refractivity contribution in [2.24, 2.45) is 0 Å². The second-order valence-electron chi connectivity index (χ2n) is 10.9. The average molecular weight is 540 g/mol. The summed E-state index contributed by atoms with van der Waals surface area (Å²) < 4.78 is 5.45. The summed E-state index contributed by atoms with van der Waals surface area (Å²) >= 11 is 0. The smallest absolute Gasteiger partial charge is 0.408 e. The fourth-order valence-electron chi connectivity index (χ4n) is 4.39. The van der Waals surface area contributed by atoms with Gasteiger partial charge in [-0.25, -0.2) is 4.79 Å². The molecule has 214 valence electrons. The van der Waals surface area contributed by atoms with Crippen molar-refractivity contribution >= 4 is 17.9 Å². The van der Waals surface area contributed by atoms with Gasteiger partial charge in [-0.3, -0.25) is 9.59 Å². The molecule has 2 atom stereocenters. The molecule has 2 unspecified atom stereocenters. The normalized spacial score (nSPS) is 12.8. The third-order valence-electron chi connectivity index (χ3n) is 6.57. The molecule has 0 radical (unpaired) electrons. The van der Waals surface area contributed by atoms with Gasteiger partial charge in [0.2, 0.25) is 11.8 Å². The predicted molar refractivity (Wildman–Crippen MR) is 154 cm³/mol. The van der Waals surface area contributed by atoms with Gasteiger partial charge in [-0.2, -0.15) is 0 Å². The summed E-state index contributed by atoms with van der Waals surface area (Å²) in [6.45, 7) is 13.9. The SMILES string of the molecule is CCCCCNC(=O)C(c1cccc(C)c1C)N(CC)C(=O)C(Cc1ccc(O)cc1)NC(=O)OC(C)(C)C. The predicted octanol–water partition coefficient (Wildman–Crippen LogP) is 5.34. The van der Waals surface area contributed by atoms with Gasteiger partial charge in [0.1, 0.15) is 23.4 Å². The summed E-state index contributed by atoms with van der Waals surface area (Å²) in [6, 6.07) is 10.3. The van der Waals surface area contributed by atoms with Crippen LogP contribution in [0.4, 0.5) is 4.79 Å². The minimum absolute atomic E-state index is 0.103. The summed E-state index contributed by atoms with van der Waals surface area (Å²) in [5.41, 5.74) is 2.70. The van der Waals surface area contributed by atoms with Gasteiger partial charge in [-0.05, 0) is 82.3 Å². The summed E-state index contributed by atoms with van der Waals surface area (Å²) in [4.78, 5) is 42.1. The van der Waals surface area contributed by atoms with Crippen LogP contribution in [0.2, 0.25) is 0 Å². The topological polar surface area (TPSA) is 108 Å². The van der Waals surface area contributed by atoms with Crippen molar-refractivity contribution in [1.29, 1.82) is 0 Å². The quantitative estimate of drug-likeness (QED) is 0.316. The first-order chi connectivity index (χ1) is 18.4. The molecule has 2 aromatic carbocycles. The van der Waals surface area contributed by atoms with Crippen LogP contribution in [-0.2, 0) is 20.7 Å². The average Bonchev–Trinajstić information content (AvgIpc) is 2.86. The minimum Gasteiger partial charge on any atom is -0.508 e. The van der Waals surface area contributed by atoms with Crippen LogP contribution >= 0.6 is 0 Å². The van der Waals surface area contributed by atoms with E-state index in [1.165, 1.54) is 17.0 Å². The van der Waals surface area contributed by atoms with Crippen molar-refractivity contribution in [2.45, 2.75) is 91.8 Å². The Bertz CT molecular complexity index is 1110. The van der Waals surface area contributed by atoms with Crippen molar-refractivity contribution in [3.63, 3.8) is 0 Å². The number of hydrogen-bond acceptors (Lipinski definition) is 5. The molecule has 39 heavy (non-hydrogen) atoms. The molecule has 0 bridgehead atoms.